The van der Waals surface area contributed by atoms with Crippen molar-refractivity contribution in [3.63, 3.8) is 0 Å². The minimum absolute atomic E-state index is 0.116. The number of nitrogens with one attached hydrogen (secondary N) is 1. The van der Waals surface area contributed by atoms with Crippen LogP contribution in [0.1, 0.15) is 12.0 Å². The van der Waals surface area contributed by atoms with Crippen molar-refractivity contribution in [2.45, 2.75) is 24.3 Å². The van der Waals surface area contributed by atoms with Gasteiger partial charge in [0.15, 0.2) is 0 Å². The molecule has 1 rings (SSSR count). The first-order valence-electron chi connectivity index (χ1n) is 5.68. The molecule has 0 radical (unpaired) electrons. The fraction of sp³-hybridized carbons (Fsp3) is 0.417. The number of rotatable bonds is 7. The van der Waals surface area contributed by atoms with E-state index in [2.05, 4.69) is 4.72 Å². The summed E-state index contributed by atoms with van der Waals surface area (Å²) in [5, 5.41) is 9.04. The first-order chi connectivity index (χ1) is 8.88. The lowest BCUT2D eigenvalue weighted by Gasteiger charge is -2.15. The molecule has 5 nitrogen and oxygen atoms in total. The van der Waals surface area contributed by atoms with E-state index in [9.17, 15) is 13.2 Å². The van der Waals surface area contributed by atoms with Crippen molar-refractivity contribution in [1.82, 2.24) is 4.72 Å². The summed E-state index contributed by atoms with van der Waals surface area (Å²) in [6.07, 6.45) is 2.09. The van der Waals surface area contributed by atoms with Gasteiger partial charge in [0.2, 0.25) is 10.0 Å². The quantitative estimate of drug-likeness (QED) is 0.797. The normalized spacial score (nSPS) is 13.2. The van der Waals surface area contributed by atoms with Gasteiger partial charge in [0.1, 0.15) is 6.04 Å². The third kappa shape index (κ3) is 4.52. The Balaban J connectivity index is 2.95. The van der Waals surface area contributed by atoms with E-state index in [4.69, 9.17) is 5.11 Å². The SMILES string of the molecule is CSCC[C@H](NS(=O)(=O)c1ccccc1C)C(=O)O. The zero-order valence-corrected chi connectivity index (χ0v) is 12.4. The van der Waals surface area contributed by atoms with Crippen molar-refractivity contribution in [3.8, 4) is 0 Å². The van der Waals surface area contributed by atoms with Gasteiger partial charge in [-0.1, -0.05) is 18.2 Å². The predicted octanol–water partition coefficient (Wildman–Crippen LogP) is 1.48. The minimum Gasteiger partial charge on any atom is -0.480 e. The Kier molecular flexibility index (Phi) is 5.84. The lowest BCUT2D eigenvalue weighted by Crippen LogP contribution is -2.41. The van der Waals surface area contributed by atoms with Gasteiger partial charge in [-0.15, -0.1) is 0 Å². The summed E-state index contributed by atoms with van der Waals surface area (Å²) in [6, 6.07) is 5.38. The molecular weight excluding hydrogens is 286 g/mol. The lowest BCUT2D eigenvalue weighted by atomic mass is 10.2. The average molecular weight is 303 g/mol. The molecule has 2 N–H and O–H groups in total. The fourth-order valence-corrected chi connectivity index (χ4v) is 3.52. The van der Waals surface area contributed by atoms with Crippen LogP contribution in [0.4, 0.5) is 0 Å². The molecule has 0 amide bonds. The number of aryl methyl sites for hydroxylation is 1. The molecule has 7 heteroatoms. The number of aliphatic carboxylic acids is 1. The van der Waals surface area contributed by atoms with E-state index in [1.165, 1.54) is 17.8 Å². The number of hydrogen-bond donors (Lipinski definition) is 2. The van der Waals surface area contributed by atoms with Crippen LogP contribution in [0.2, 0.25) is 0 Å². The Morgan fingerprint density at radius 2 is 2.05 bits per heavy atom. The highest BCUT2D eigenvalue weighted by molar-refractivity contribution is 7.98. The average Bonchev–Trinajstić information content (AvgIpc) is 2.34. The summed E-state index contributed by atoms with van der Waals surface area (Å²) in [5.74, 6) is -0.584. The van der Waals surface area contributed by atoms with E-state index < -0.39 is 22.0 Å². The van der Waals surface area contributed by atoms with Crippen LogP contribution < -0.4 is 4.72 Å². The Labute approximate surface area is 117 Å². The number of sulfonamides is 1. The van der Waals surface area contributed by atoms with Gasteiger partial charge in [-0.3, -0.25) is 4.79 Å². The van der Waals surface area contributed by atoms with Crippen LogP contribution in [0, 0.1) is 6.92 Å². The largest absolute Gasteiger partial charge is 0.480 e. The summed E-state index contributed by atoms with van der Waals surface area (Å²) in [5.41, 5.74) is 0.587. The topological polar surface area (TPSA) is 83.5 Å². The smallest absolute Gasteiger partial charge is 0.321 e. The van der Waals surface area contributed by atoms with Crippen LogP contribution in [0.3, 0.4) is 0 Å². The van der Waals surface area contributed by atoms with Gasteiger partial charge in [-0.2, -0.15) is 16.5 Å². The van der Waals surface area contributed by atoms with E-state index >= 15 is 0 Å². The van der Waals surface area contributed by atoms with Gasteiger partial charge >= 0.3 is 5.97 Å². The standard InChI is InChI=1S/C12H17NO4S2/c1-9-5-3-4-6-11(9)19(16,17)13-10(12(14)15)7-8-18-2/h3-6,10,13H,7-8H2,1-2H3,(H,14,15)/t10-/m0/s1. The summed E-state index contributed by atoms with van der Waals surface area (Å²) in [7, 11) is -3.81. The van der Waals surface area contributed by atoms with E-state index in [0.717, 1.165) is 0 Å². The molecule has 106 valence electrons. The highest BCUT2D eigenvalue weighted by Crippen LogP contribution is 2.15. The molecule has 0 unspecified atom stereocenters. The number of benzene rings is 1. The third-order valence-electron chi connectivity index (χ3n) is 2.59. The molecule has 1 atom stereocenters. The third-order valence-corrected chi connectivity index (χ3v) is 4.87. The van der Waals surface area contributed by atoms with Crippen LogP contribution in [0.25, 0.3) is 0 Å². The summed E-state index contributed by atoms with van der Waals surface area (Å²) in [4.78, 5) is 11.2. The Morgan fingerprint density at radius 1 is 1.42 bits per heavy atom. The van der Waals surface area contributed by atoms with E-state index in [1.54, 1.807) is 25.1 Å². The zero-order chi connectivity index (χ0) is 14.5. The molecule has 0 spiro atoms. The molecule has 0 heterocycles. The Hall–Kier alpha value is -1.05. The predicted molar refractivity (Wildman–Crippen MR) is 75.9 cm³/mol. The van der Waals surface area contributed by atoms with Crippen molar-refractivity contribution >= 4 is 27.8 Å². The van der Waals surface area contributed by atoms with Crippen molar-refractivity contribution in [1.29, 1.82) is 0 Å². The molecule has 0 saturated heterocycles. The van der Waals surface area contributed by atoms with E-state index in [0.29, 0.717) is 11.3 Å². The number of thioether (sulfide) groups is 1. The number of carboxylic acids is 1. The zero-order valence-electron chi connectivity index (χ0n) is 10.8. The molecule has 0 bridgehead atoms. The highest BCUT2D eigenvalue weighted by atomic mass is 32.2. The first kappa shape index (κ1) is 16.0. The van der Waals surface area contributed by atoms with Crippen molar-refractivity contribution in [3.05, 3.63) is 29.8 Å². The molecule has 1 aromatic rings. The molecule has 1 aromatic carbocycles. The van der Waals surface area contributed by atoms with Crippen molar-refractivity contribution in [2.24, 2.45) is 0 Å². The van der Waals surface area contributed by atoms with Crippen molar-refractivity contribution in [2.75, 3.05) is 12.0 Å². The second-order valence-corrected chi connectivity index (χ2v) is 6.73. The molecular formula is C12H17NO4S2. The van der Waals surface area contributed by atoms with Gasteiger partial charge in [0.25, 0.3) is 0 Å². The van der Waals surface area contributed by atoms with Gasteiger partial charge in [0, 0.05) is 0 Å². The van der Waals surface area contributed by atoms with Crippen molar-refractivity contribution < 1.29 is 18.3 Å². The minimum atomic E-state index is -3.81. The van der Waals surface area contributed by atoms with Gasteiger partial charge in [-0.25, -0.2) is 8.42 Å². The first-order valence-corrected chi connectivity index (χ1v) is 8.56. The Bertz CT molecular complexity index is 542. The van der Waals surface area contributed by atoms with Gasteiger partial charge in [-0.05, 0) is 37.0 Å². The highest BCUT2D eigenvalue weighted by Gasteiger charge is 2.25. The number of carboxylic acid groups (broad SMARTS) is 1. The summed E-state index contributed by atoms with van der Waals surface area (Å²) < 4.78 is 26.5. The molecule has 0 aliphatic heterocycles. The van der Waals surface area contributed by atoms with Crippen LogP contribution in [-0.4, -0.2) is 37.5 Å². The second kappa shape index (κ2) is 6.93. The fourth-order valence-electron chi connectivity index (χ4n) is 1.58. The van der Waals surface area contributed by atoms with Gasteiger partial charge in [0.05, 0.1) is 4.90 Å². The maximum absolute atomic E-state index is 12.1. The molecule has 0 aromatic heterocycles. The monoisotopic (exact) mass is 303 g/mol. The summed E-state index contributed by atoms with van der Waals surface area (Å²) in [6.45, 7) is 1.67. The molecule has 0 aliphatic rings. The van der Waals surface area contributed by atoms with Crippen LogP contribution in [-0.2, 0) is 14.8 Å². The van der Waals surface area contributed by atoms with Crippen LogP contribution >= 0.6 is 11.8 Å². The maximum atomic E-state index is 12.1. The van der Waals surface area contributed by atoms with Crippen LogP contribution in [0.5, 0.6) is 0 Å². The Morgan fingerprint density at radius 3 is 2.58 bits per heavy atom. The number of carbonyl (C=O) groups is 1. The second-order valence-electron chi connectivity index (χ2n) is 4.06. The van der Waals surface area contributed by atoms with Gasteiger partial charge < -0.3 is 5.11 Å². The number of hydrogen-bond acceptors (Lipinski definition) is 4. The maximum Gasteiger partial charge on any atom is 0.321 e. The van der Waals surface area contributed by atoms with Crippen LogP contribution in [0.15, 0.2) is 29.2 Å². The van der Waals surface area contributed by atoms with E-state index in [-0.39, 0.29) is 11.3 Å². The summed E-state index contributed by atoms with van der Waals surface area (Å²) >= 11 is 1.47. The molecule has 0 saturated carbocycles. The molecule has 0 fully saturated rings. The molecule has 19 heavy (non-hydrogen) atoms. The molecule has 0 aliphatic carbocycles. The lowest BCUT2D eigenvalue weighted by molar-refractivity contribution is -0.139. The van der Waals surface area contributed by atoms with E-state index in [1.807, 2.05) is 6.26 Å².